The van der Waals surface area contributed by atoms with Crippen molar-refractivity contribution < 1.29 is 9.90 Å². The SMILES string of the molecule is O=C(O)CCc1cc2cccc(Cl)c2nc1Cl. The van der Waals surface area contributed by atoms with E-state index in [2.05, 4.69) is 4.98 Å². The van der Waals surface area contributed by atoms with Crippen LogP contribution in [0.2, 0.25) is 10.2 Å². The van der Waals surface area contributed by atoms with E-state index in [0.717, 1.165) is 10.9 Å². The number of nitrogens with zero attached hydrogens (tertiary/aromatic N) is 1. The number of aryl methyl sites for hydroxylation is 1. The summed E-state index contributed by atoms with van der Waals surface area (Å²) in [7, 11) is 0. The van der Waals surface area contributed by atoms with Gasteiger partial charge in [-0.25, -0.2) is 4.98 Å². The normalized spacial score (nSPS) is 10.7. The second-order valence-electron chi connectivity index (χ2n) is 3.64. The van der Waals surface area contributed by atoms with Crippen molar-refractivity contribution >= 4 is 40.1 Å². The van der Waals surface area contributed by atoms with Gasteiger partial charge in [-0.1, -0.05) is 35.3 Å². The van der Waals surface area contributed by atoms with E-state index in [1.807, 2.05) is 18.2 Å². The van der Waals surface area contributed by atoms with E-state index < -0.39 is 5.97 Å². The van der Waals surface area contributed by atoms with Crippen molar-refractivity contribution in [3.05, 3.63) is 40.0 Å². The smallest absolute Gasteiger partial charge is 0.303 e. The Bertz CT molecular complexity index is 584. The van der Waals surface area contributed by atoms with E-state index in [4.69, 9.17) is 28.3 Å². The number of hydrogen-bond acceptors (Lipinski definition) is 2. The third kappa shape index (κ3) is 2.68. The molecule has 2 aromatic rings. The van der Waals surface area contributed by atoms with Crippen molar-refractivity contribution in [3.63, 3.8) is 0 Å². The molecule has 17 heavy (non-hydrogen) atoms. The molecule has 0 spiro atoms. The molecule has 88 valence electrons. The van der Waals surface area contributed by atoms with Gasteiger partial charge >= 0.3 is 5.97 Å². The molecular weight excluding hydrogens is 261 g/mol. The van der Waals surface area contributed by atoms with Gasteiger partial charge in [-0.15, -0.1) is 0 Å². The summed E-state index contributed by atoms with van der Waals surface area (Å²) < 4.78 is 0. The quantitative estimate of drug-likeness (QED) is 0.867. The molecule has 1 heterocycles. The number of aromatic nitrogens is 1. The van der Waals surface area contributed by atoms with E-state index in [0.29, 0.717) is 22.1 Å². The second-order valence-corrected chi connectivity index (χ2v) is 4.41. The van der Waals surface area contributed by atoms with Gasteiger partial charge in [0.2, 0.25) is 0 Å². The van der Waals surface area contributed by atoms with Crippen LogP contribution in [0.5, 0.6) is 0 Å². The Morgan fingerprint density at radius 1 is 1.35 bits per heavy atom. The highest BCUT2D eigenvalue weighted by Gasteiger charge is 2.08. The summed E-state index contributed by atoms with van der Waals surface area (Å²) in [5, 5.41) is 10.3. The summed E-state index contributed by atoms with van der Waals surface area (Å²) in [5.74, 6) is -0.854. The molecule has 0 atom stereocenters. The molecule has 0 saturated heterocycles. The second kappa shape index (κ2) is 4.90. The summed E-state index contributed by atoms with van der Waals surface area (Å²) in [4.78, 5) is 14.7. The molecule has 3 nitrogen and oxygen atoms in total. The van der Waals surface area contributed by atoms with Gasteiger partial charge in [0.25, 0.3) is 0 Å². The van der Waals surface area contributed by atoms with E-state index >= 15 is 0 Å². The van der Waals surface area contributed by atoms with E-state index in [9.17, 15) is 4.79 Å². The Balaban J connectivity index is 2.45. The highest BCUT2D eigenvalue weighted by Crippen LogP contribution is 2.26. The van der Waals surface area contributed by atoms with Gasteiger partial charge in [-0.3, -0.25) is 4.79 Å². The van der Waals surface area contributed by atoms with Gasteiger partial charge in [0.1, 0.15) is 5.15 Å². The van der Waals surface area contributed by atoms with Crippen LogP contribution in [0, 0.1) is 0 Å². The molecule has 0 bridgehead atoms. The number of para-hydroxylation sites is 1. The van der Waals surface area contributed by atoms with Crippen LogP contribution >= 0.6 is 23.2 Å². The van der Waals surface area contributed by atoms with Crippen molar-refractivity contribution in [1.29, 1.82) is 0 Å². The van der Waals surface area contributed by atoms with Gasteiger partial charge < -0.3 is 5.11 Å². The fourth-order valence-electron chi connectivity index (χ4n) is 1.60. The third-order valence-corrected chi connectivity index (χ3v) is 3.06. The van der Waals surface area contributed by atoms with Crippen molar-refractivity contribution in [2.24, 2.45) is 0 Å². The molecular formula is C12H9Cl2NO2. The van der Waals surface area contributed by atoms with Crippen LogP contribution < -0.4 is 0 Å². The highest BCUT2D eigenvalue weighted by atomic mass is 35.5. The summed E-state index contributed by atoms with van der Waals surface area (Å²) >= 11 is 12.0. The van der Waals surface area contributed by atoms with E-state index in [1.54, 1.807) is 6.07 Å². The molecule has 1 aromatic carbocycles. The minimum absolute atomic E-state index is 0.0352. The van der Waals surface area contributed by atoms with Gasteiger partial charge in [0.15, 0.2) is 0 Å². The zero-order valence-electron chi connectivity index (χ0n) is 8.78. The molecule has 0 saturated carbocycles. The van der Waals surface area contributed by atoms with Crippen LogP contribution in [-0.2, 0) is 11.2 Å². The van der Waals surface area contributed by atoms with Gasteiger partial charge in [-0.05, 0) is 24.1 Å². The minimum atomic E-state index is -0.854. The number of carbonyl (C=O) groups is 1. The molecule has 0 fully saturated rings. The molecule has 5 heteroatoms. The van der Waals surface area contributed by atoms with E-state index in [1.165, 1.54) is 0 Å². The maximum Gasteiger partial charge on any atom is 0.303 e. The van der Waals surface area contributed by atoms with Crippen molar-refractivity contribution in [2.75, 3.05) is 0 Å². The van der Waals surface area contributed by atoms with Crippen LogP contribution in [0.4, 0.5) is 0 Å². The first kappa shape index (κ1) is 12.1. The van der Waals surface area contributed by atoms with Gasteiger partial charge in [0.05, 0.1) is 10.5 Å². The Hall–Kier alpha value is -1.32. The monoisotopic (exact) mass is 269 g/mol. The number of benzene rings is 1. The molecule has 0 aliphatic heterocycles. The van der Waals surface area contributed by atoms with Crippen molar-refractivity contribution in [1.82, 2.24) is 4.98 Å². The number of halogens is 2. The van der Waals surface area contributed by atoms with Gasteiger partial charge in [-0.2, -0.15) is 0 Å². The largest absolute Gasteiger partial charge is 0.481 e. The number of pyridine rings is 1. The van der Waals surface area contributed by atoms with Crippen LogP contribution in [0.25, 0.3) is 10.9 Å². The first-order chi connectivity index (χ1) is 8.08. The number of carboxylic acid groups (broad SMARTS) is 1. The maximum absolute atomic E-state index is 10.5. The fraction of sp³-hybridized carbons (Fsp3) is 0.167. The Kier molecular flexibility index (Phi) is 3.50. The number of rotatable bonds is 3. The van der Waals surface area contributed by atoms with Crippen molar-refractivity contribution in [3.8, 4) is 0 Å². The van der Waals surface area contributed by atoms with Crippen LogP contribution in [0.3, 0.4) is 0 Å². The summed E-state index contributed by atoms with van der Waals surface area (Å²) in [6, 6.07) is 7.26. The molecule has 1 N–H and O–H groups in total. The lowest BCUT2D eigenvalue weighted by Gasteiger charge is -2.05. The molecule has 0 unspecified atom stereocenters. The number of hydrogen-bond donors (Lipinski definition) is 1. The lowest BCUT2D eigenvalue weighted by Crippen LogP contribution is -1.99. The summed E-state index contributed by atoms with van der Waals surface area (Å²) in [6.45, 7) is 0. The standard InChI is InChI=1S/C12H9Cl2NO2/c13-9-3-1-2-7-6-8(4-5-10(16)17)12(14)15-11(7)9/h1-3,6H,4-5H2,(H,16,17). The third-order valence-electron chi connectivity index (χ3n) is 2.43. The Morgan fingerprint density at radius 3 is 2.82 bits per heavy atom. The lowest BCUT2D eigenvalue weighted by molar-refractivity contribution is -0.136. The highest BCUT2D eigenvalue weighted by molar-refractivity contribution is 6.35. The molecule has 1 aromatic heterocycles. The minimum Gasteiger partial charge on any atom is -0.481 e. The zero-order chi connectivity index (χ0) is 12.4. The molecule has 0 radical (unpaired) electrons. The molecule has 0 amide bonds. The predicted molar refractivity (Wildman–Crippen MR) is 67.7 cm³/mol. The average Bonchev–Trinajstić information content (AvgIpc) is 2.28. The fourth-order valence-corrected chi connectivity index (χ4v) is 2.06. The average molecular weight is 270 g/mol. The summed E-state index contributed by atoms with van der Waals surface area (Å²) in [6.07, 6.45) is 0.400. The Morgan fingerprint density at radius 2 is 2.12 bits per heavy atom. The van der Waals surface area contributed by atoms with Crippen LogP contribution in [0.1, 0.15) is 12.0 Å². The van der Waals surface area contributed by atoms with Crippen LogP contribution in [0.15, 0.2) is 24.3 Å². The Labute approximate surface area is 108 Å². The summed E-state index contributed by atoms with van der Waals surface area (Å²) in [5.41, 5.74) is 1.36. The topological polar surface area (TPSA) is 50.2 Å². The lowest BCUT2D eigenvalue weighted by atomic mass is 10.1. The number of aliphatic carboxylic acids is 1. The van der Waals surface area contributed by atoms with E-state index in [-0.39, 0.29) is 6.42 Å². The maximum atomic E-state index is 10.5. The number of fused-ring (bicyclic) bond motifs is 1. The van der Waals surface area contributed by atoms with Crippen LogP contribution in [-0.4, -0.2) is 16.1 Å². The van der Waals surface area contributed by atoms with Gasteiger partial charge in [0, 0.05) is 11.8 Å². The zero-order valence-corrected chi connectivity index (χ0v) is 10.3. The molecule has 0 aliphatic carbocycles. The first-order valence-corrected chi connectivity index (χ1v) is 5.79. The van der Waals surface area contributed by atoms with Crippen molar-refractivity contribution in [2.45, 2.75) is 12.8 Å². The molecule has 2 rings (SSSR count). The molecule has 0 aliphatic rings. The number of carboxylic acids is 1. The first-order valence-electron chi connectivity index (χ1n) is 5.03. The predicted octanol–water partition coefficient (Wildman–Crippen LogP) is 3.56.